The molecule has 0 saturated heterocycles. The molecule has 0 unspecified atom stereocenters. The first-order valence-corrected chi connectivity index (χ1v) is 13.3. The van der Waals surface area contributed by atoms with Gasteiger partial charge in [0, 0.05) is 31.0 Å². The van der Waals surface area contributed by atoms with E-state index in [1.54, 1.807) is 24.5 Å². The van der Waals surface area contributed by atoms with E-state index in [9.17, 15) is 18.0 Å². The molecular formula is C29H29F3N4OS. The third-order valence-corrected chi connectivity index (χ3v) is 7.35. The minimum atomic E-state index is -4.74. The molecule has 0 spiro atoms. The summed E-state index contributed by atoms with van der Waals surface area (Å²) in [6, 6.07) is 18.9. The van der Waals surface area contributed by atoms with Crippen LogP contribution in [0.2, 0.25) is 0 Å². The second kappa shape index (κ2) is 12.3. The van der Waals surface area contributed by atoms with E-state index in [0.29, 0.717) is 18.5 Å². The fourth-order valence-electron chi connectivity index (χ4n) is 4.18. The molecule has 2 aromatic carbocycles. The number of hydrogen-bond acceptors (Lipinski definition) is 5. The fourth-order valence-corrected chi connectivity index (χ4v) is 5.24. The van der Waals surface area contributed by atoms with Gasteiger partial charge in [0.15, 0.2) is 5.69 Å². The number of pyridine rings is 1. The Morgan fingerprint density at radius 2 is 1.76 bits per heavy atom. The molecule has 0 aliphatic heterocycles. The van der Waals surface area contributed by atoms with E-state index < -0.39 is 22.7 Å². The van der Waals surface area contributed by atoms with Gasteiger partial charge in [-0.3, -0.25) is 14.7 Å². The van der Waals surface area contributed by atoms with Crippen molar-refractivity contribution in [3.63, 3.8) is 0 Å². The molecule has 1 N–H and O–H groups in total. The van der Waals surface area contributed by atoms with Crippen molar-refractivity contribution in [3.05, 3.63) is 94.8 Å². The van der Waals surface area contributed by atoms with Crippen LogP contribution in [-0.2, 0) is 19.1 Å². The average molecular weight is 539 g/mol. The van der Waals surface area contributed by atoms with Gasteiger partial charge >= 0.3 is 6.18 Å². The summed E-state index contributed by atoms with van der Waals surface area (Å²) in [6.45, 7) is 6.48. The van der Waals surface area contributed by atoms with Crippen LogP contribution >= 0.6 is 11.3 Å². The maximum absolute atomic E-state index is 13.9. The smallest absolute Gasteiger partial charge is 0.351 e. The van der Waals surface area contributed by atoms with Crippen molar-refractivity contribution in [2.24, 2.45) is 0 Å². The fraction of sp³-hybridized carbons (Fsp3) is 0.276. The minimum absolute atomic E-state index is 0.189. The van der Waals surface area contributed by atoms with Crippen molar-refractivity contribution in [1.82, 2.24) is 20.2 Å². The highest BCUT2D eigenvalue weighted by atomic mass is 32.1. The average Bonchev–Trinajstić information content (AvgIpc) is 3.39. The molecule has 38 heavy (non-hydrogen) atoms. The van der Waals surface area contributed by atoms with Gasteiger partial charge in [-0.15, -0.1) is 11.3 Å². The van der Waals surface area contributed by atoms with Gasteiger partial charge in [0.25, 0.3) is 5.91 Å². The zero-order chi connectivity index (χ0) is 27.1. The standard InChI is InChI=1S/C29H29F3N4OS/c1-3-36(4-2)19-23-10-5-6-13-24(23)28-35-26(29(30,31)32)25(38-28)27(37)34-16-14-20-9-7-11-21(17-20)22-12-8-15-33-18-22/h5-13,15,17-18H,3-4,14,16,19H2,1-2H3,(H,34,37). The van der Waals surface area contributed by atoms with Crippen LogP contribution in [0.25, 0.3) is 21.7 Å². The van der Waals surface area contributed by atoms with E-state index in [1.807, 2.05) is 62.4 Å². The van der Waals surface area contributed by atoms with Gasteiger partial charge in [-0.1, -0.05) is 68.4 Å². The maximum Gasteiger partial charge on any atom is 0.435 e. The van der Waals surface area contributed by atoms with E-state index in [-0.39, 0.29) is 11.6 Å². The Bertz CT molecular complexity index is 1370. The lowest BCUT2D eigenvalue weighted by molar-refractivity contribution is -0.141. The molecule has 5 nitrogen and oxygen atoms in total. The molecule has 0 radical (unpaired) electrons. The third kappa shape index (κ3) is 6.65. The lowest BCUT2D eigenvalue weighted by Crippen LogP contribution is -2.27. The van der Waals surface area contributed by atoms with Gasteiger partial charge in [-0.05, 0) is 47.8 Å². The van der Waals surface area contributed by atoms with Crippen LogP contribution < -0.4 is 5.32 Å². The molecule has 1 amide bonds. The predicted molar refractivity (Wildman–Crippen MR) is 145 cm³/mol. The van der Waals surface area contributed by atoms with Crippen LogP contribution in [0, 0.1) is 0 Å². The molecule has 0 saturated carbocycles. The van der Waals surface area contributed by atoms with Crippen molar-refractivity contribution in [3.8, 4) is 21.7 Å². The first-order chi connectivity index (χ1) is 18.3. The van der Waals surface area contributed by atoms with Gasteiger partial charge in [0.2, 0.25) is 0 Å². The normalized spacial score (nSPS) is 11.6. The number of alkyl halides is 3. The molecule has 9 heteroatoms. The number of benzene rings is 2. The van der Waals surface area contributed by atoms with Crippen molar-refractivity contribution in [2.45, 2.75) is 33.0 Å². The lowest BCUT2D eigenvalue weighted by Gasteiger charge is -2.19. The Morgan fingerprint density at radius 3 is 2.47 bits per heavy atom. The SMILES string of the molecule is CCN(CC)Cc1ccccc1-c1nc(C(F)(F)F)c(C(=O)NCCc2cccc(-c3cccnc3)c2)s1. The molecule has 4 aromatic rings. The number of nitrogens with zero attached hydrogens (tertiary/aromatic N) is 3. The molecule has 0 fully saturated rings. The molecule has 0 bridgehead atoms. The summed E-state index contributed by atoms with van der Waals surface area (Å²) in [6.07, 6.45) is -0.805. The number of amides is 1. The summed E-state index contributed by atoms with van der Waals surface area (Å²) >= 11 is 0.781. The van der Waals surface area contributed by atoms with Gasteiger partial charge in [0.1, 0.15) is 9.88 Å². The zero-order valence-electron chi connectivity index (χ0n) is 21.3. The minimum Gasteiger partial charge on any atom is -0.351 e. The lowest BCUT2D eigenvalue weighted by atomic mass is 10.0. The number of rotatable bonds is 10. The molecule has 2 aromatic heterocycles. The highest BCUT2D eigenvalue weighted by Crippen LogP contribution is 2.38. The molecule has 0 atom stereocenters. The first kappa shape index (κ1) is 27.5. The number of thiazole rings is 1. The highest BCUT2D eigenvalue weighted by molar-refractivity contribution is 7.17. The van der Waals surface area contributed by atoms with Crippen LogP contribution in [0.4, 0.5) is 13.2 Å². The highest BCUT2D eigenvalue weighted by Gasteiger charge is 2.40. The first-order valence-electron chi connectivity index (χ1n) is 12.5. The molecule has 0 aliphatic carbocycles. The third-order valence-electron chi connectivity index (χ3n) is 6.26. The molecule has 0 aliphatic rings. The van der Waals surface area contributed by atoms with Gasteiger partial charge in [-0.2, -0.15) is 13.2 Å². The second-order valence-corrected chi connectivity index (χ2v) is 9.76. The van der Waals surface area contributed by atoms with Crippen molar-refractivity contribution in [2.75, 3.05) is 19.6 Å². The number of carbonyl (C=O) groups is 1. The summed E-state index contributed by atoms with van der Waals surface area (Å²) in [5, 5.41) is 2.85. The van der Waals surface area contributed by atoms with E-state index in [2.05, 4.69) is 20.2 Å². The van der Waals surface area contributed by atoms with Crippen molar-refractivity contribution in [1.29, 1.82) is 0 Å². The summed E-state index contributed by atoms with van der Waals surface area (Å²) in [7, 11) is 0. The van der Waals surface area contributed by atoms with Crippen LogP contribution in [0.5, 0.6) is 0 Å². The van der Waals surface area contributed by atoms with Crippen LogP contribution in [0.1, 0.15) is 40.3 Å². The zero-order valence-corrected chi connectivity index (χ0v) is 22.1. The summed E-state index contributed by atoms with van der Waals surface area (Å²) in [5.74, 6) is -0.772. The summed E-state index contributed by atoms with van der Waals surface area (Å²) < 4.78 is 41.7. The number of halogens is 3. The number of carbonyl (C=O) groups excluding carboxylic acids is 1. The predicted octanol–water partition coefficient (Wildman–Crippen LogP) is 6.71. The topological polar surface area (TPSA) is 58.1 Å². The number of hydrogen-bond donors (Lipinski definition) is 1. The Balaban J connectivity index is 1.52. The Kier molecular flexibility index (Phi) is 8.91. The maximum atomic E-state index is 13.9. The van der Waals surface area contributed by atoms with Gasteiger partial charge in [0.05, 0.1) is 0 Å². The van der Waals surface area contributed by atoms with E-state index in [4.69, 9.17) is 0 Å². The number of aromatic nitrogens is 2. The van der Waals surface area contributed by atoms with Gasteiger partial charge in [-0.25, -0.2) is 4.98 Å². The molecule has 198 valence electrons. The monoisotopic (exact) mass is 538 g/mol. The summed E-state index contributed by atoms with van der Waals surface area (Å²) in [4.78, 5) is 22.7. The van der Waals surface area contributed by atoms with E-state index >= 15 is 0 Å². The van der Waals surface area contributed by atoms with Crippen LogP contribution in [0.3, 0.4) is 0 Å². The van der Waals surface area contributed by atoms with E-state index in [1.165, 1.54) is 0 Å². The van der Waals surface area contributed by atoms with Crippen LogP contribution in [-0.4, -0.2) is 40.4 Å². The molecule has 4 rings (SSSR count). The Labute approximate surface area is 224 Å². The Morgan fingerprint density at radius 1 is 1.00 bits per heavy atom. The van der Waals surface area contributed by atoms with Crippen molar-refractivity contribution >= 4 is 17.2 Å². The molecular weight excluding hydrogens is 509 g/mol. The summed E-state index contributed by atoms with van der Waals surface area (Å²) in [5.41, 5.74) is 3.24. The van der Waals surface area contributed by atoms with E-state index in [0.717, 1.165) is 46.7 Å². The quantitative estimate of drug-likeness (QED) is 0.244. The second-order valence-electron chi connectivity index (χ2n) is 8.76. The van der Waals surface area contributed by atoms with Crippen molar-refractivity contribution < 1.29 is 18.0 Å². The molecule has 2 heterocycles. The largest absolute Gasteiger partial charge is 0.435 e. The Hall–Kier alpha value is -3.56. The van der Waals surface area contributed by atoms with Crippen LogP contribution in [0.15, 0.2) is 73.1 Å². The van der Waals surface area contributed by atoms with Gasteiger partial charge < -0.3 is 5.32 Å². The number of nitrogens with one attached hydrogen (secondary N) is 1.